The van der Waals surface area contributed by atoms with Crippen LogP contribution in [-0.2, 0) is 13.6 Å². The number of nitrogens with zero attached hydrogens (tertiary/aromatic N) is 3. The molecule has 2 rings (SSSR count). The fourth-order valence-corrected chi connectivity index (χ4v) is 1.92. The van der Waals surface area contributed by atoms with Crippen LogP contribution in [0, 0.1) is 0 Å². The molecular weight excluding hydrogens is 240 g/mol. The lowest BCUT2D eigenvalue weighted by Crippen LogP contribution is -2.21. The number of aromatic nitrogens is 3. The highest BCUT2D eigenvalue weighted by molar-refractivity contribution is 5.27. The second-order valence-corrected chi connectivity index (χ2v) is 4.48. The molecule has 0 saturated carbocycles. The van der Waals surface area contributed by atoms with Gasteiger partial charge in [-0.2, -0.15) is 0 Å². The third-order valence-electron chi connectivity index (χ3n) is 2.98. The first-order valence-electron chi connectivity index (χ1n) is 6.49. The summed E-state index contributed by atoms with van der Waals surface area (Å²) in [5.74, 6) is 1.85. The van der Waals surface area contributed by atoms with E-state index in [4.69, 9.17) is 4.74 Å². The van der Waals surface area contributed by atoms with Gasteiger partial charge in [-0.3, -0.25) is 0 Å². The molecule has 1 aromatic heterocycles. The highest BCUT2D eigenvalue weighted by atomic mass is 16.5. The fraction of sp³-hybridized carbons (Fsp3) is 0.429. The van der Waals surface area contributed by atoms with Crippen molar-refractivity contribution in [3.8, 4) is 5.75 Å². The predicted octanol–water partition coefficient (Wildman–Crippen LogP) is 2.06. The lowest BCUT2D eigenvalue weighted by atomic mass is 10.2. The molecule has 0 amide bonds. The highest BCUT2D eigenvalue weighted by Crippen LogP contribution is 2.13. The van der Waals surface area contributed by atoms with Gasteiger partial charge < -0.3 is 14.6 Å². The maximum atomic E-state index is 5.42. The first-order chi connectivity index (χ1) is 9.20. The zero-order valence-corrected chi connectivity index (χ0v) is 11.6. The van der Waals surface area contributed by atoms with Crippen LogP contribution in [-0.4, -0.2) is 21.4 Å². The quantitative estimate of drug-likeness (QED) is 0.864. The van der Waals surface area contributed by atoms with Gasteiger partial charge in [0.25, 0.3) is 0 Å². The molecular formula is C14H20N4O. The molecule has 1 atom stereocenters. The molecule has 0 bridgehead atoms. The van der Waals surface area contributed by atoms with Gasteiger partial charge in [-0.25, -0.2) is 0 Å². The highest BCUT2D eigenvalue weighted by Gasteiger charge is 2.10. The van der Waals surface area contributed by atoms with Gasteiger partial charge in [0, 0.05) is 13.6 Å². The molecule has 0 aliphatic rings. The first-order valence-corrected chi connectivity index (χ1v) is 6.49. The summed E-state index contributed by atoms with van der Waals surface area (Å²) < 4.78 is 7.35. The Morgan fingerprint density at radius 2 is 2.05 bits per heavy atom. The van der Waals surface area contributed by atoms with E-state index in [1.54, 1.807) is 6.33 Å². The van der Waals surface area contributed by atoms with Crippen LogP contribution in [0.25, 0.3) is 0 Å². The molecule has 0 aliphatic heterocycles. The van der Waals surface area contributed by atoms with E-state index in [9.17, 15) is 0 Å². The van der Waals surface area contributed by atoms with Crippen molar-refractivity contribution in [2.75, 3.05) is 6.61 Å². The van der Waals surface area contributed by atoms with Gasteiger partial charge in [-0.1, -0.05) is 12.1 Å². The fourth-order valence-electron chi connectivity index (χ4n) is 1.92. The first kappa shape index (κ1) is 13.5. The summed E-state index contributed by atoms with van der Waals surface area (Å²) in [5.41, 5.74) is 1.22. The van der Waals surface area contributed by atoms with E-state index in [0.29, 0.717) is 6.61 Å². The lowest BCUT2D eigenvalue weighted by molar-refractivity contribution is 0.340. The van der Waals surface area contributed by atoms with Crippen molar-refractivity contribution in [3.63, 3.8) is 0 Å². The van der Waals surface area contributed by atoms with Crippen molar-refractivity contribution in [1.29, 1.82) is 0 Å². The number of rotatable bonds is 6. The van der Waals surface area contributed by atoms with Crippen LogP contribution in [0.3, 0.4) is 0 Å². The average Bonchev–Trinajstić information content (AvgIpc) is 2.84. The SMILES string of the molecule is CCOc1ccc(CNC(C)c2nncn2C)cc1. The van der Waals surface area contributed by atoms with Crippen LogP contribution in [0.5, 0.6) is 5.75 Å². The minimum Gasteiger partial charge on any atom is -0.494 e. The van der Waals surface area contributed by atoms with Crippen LogP contribution >= 0.6 is 0 Å². The minimum absolute atomic E-state index is 0.166. The van der Waals surface area contributed by atoms with Gasteiger partial charge in [-0.05, 0) is 31.5 Å². The number of nitrogens with one attached hydrogen (secondary N) is 1. The Balaban J connectivity index is 1.90. The van der Waals surface area contributed by atoms with E-state index >= 15 is 0 Å². The molecule has 0 saturated heterocycles. The number of ether oxygens (including phenoxy) is 1. The lowest BCUT2D eigenvalue weighted by Gasteiger charge is -2.13. The Morgan fingerprint density at radius 3 is 2.63 bits per heavy atom. The van der Waals surface area contributed by atoms with Gasteiger partial charge >= 0.3 is 0 Å². The molecule has 5 heteroatoms. The standard InChI is InChI=1S/C14H20N4O/c1-4-19-13-7-5-12(6-8-13)9-15-11(2)14-17-16-10-18(14)3/h5-8,10-11,15H,4,9H2,1-3H3. The topological polar surface area (TPSA) is 52.0 Å². The van der Waals surface area contributed by atoms with Crippen LogP contribution in [0.2, 0.25) is 0 Å². The summed E-state index contributed by atoms with van der Waals surface area (Å²) in [4.78, 5) is 0. The molecule has 5 nitrogen and oxygen atoms in total. The molecule has 1 N–H and O–H groups in total. The van der Waals surface area contributed by atoms with Crippen molar-refractivity contribution in [3.05, 3.63) is 42.0 Å². The van der Waals surface area contributed by atoms with Crippen molar-refractivity contribution in [1.82, 2.24) is 20.1 Å². The summed E-state index contributed by atoms with van der Waals surface area (Å²) in [5, 5.41) is 11.4. The van der Waals surface area contributed by atoms with Crippen LogP contribution in [0.15, 0.2) is 30.6 Å². The normalized spacial score (nSPS) is 12.4. The number of hydrogen-bond donors (Lipinski definition) is 1. The zero-order valence-electron chi connectivity index (χ0n) is 11.6. The molecule has 1 aromatic carbocycles. The van der Waals surface area contributed by atoms with Crippen molar-refractivity contribution in [2.24, 2.45) is 7.05 Å². The predicted molar refractivity (Wildman–Crippen MR) is 73.9 cm³/mol. The Morgan fingerprint density at radius 1 is 1.32 bits per heavy atom. The Hall–Kier alpha value is -1.88. The molecule has 19 heavy (non-hydrogen) atoms. The number of aryl methyl sites for hydroxylation is 1. The molecule has 0 fully saturated rings. The smallest absolute Gasteiger partial charge is 0.149 e. The molecule has 1 heterocycles. The minimum atomic E-state index is 0.166. The third-order valence-corrected chi connectivity index (χ3v) is 2.98. The van der Waals surface area contributed by atoms with Crippen LogP contribution in [0.4, 0.5) is 0 Å². The van der Waals surface area contributed by atoms with E-state index in [1.807, 2.05) is 30.7 Å². The second-order valence-electron chi connectivity index (χ2n) is 4.48. The number of benzene rings is 1. The van der Waals surface area contributed by atoms with Gasteiger partial charge in [0.05, 0.1) is 12.6 Å². The molecule has 1 unspecified atom stereocenters. The van der Waals surface area contributed by atoms with Crippen molar-refractivity contribution in [2.45, 2.75) is 26.4 Å². The molecule has 2 aromatic rings. The Bertz CT molecular complexity index is 506. The molecule has 0 aliphatic carbocycles. The molecule has 0 spiro atoms. The average molecular weight is 260 g/mol. The third kappa shape index (κ3) is 3.54. The summed E-state index contributed by atoms with van der Waals surface area (Å²) in [6.07, 6.45) is 1.71. The number of hydrogen-bond acceptors (Lipinski definition) is 4. The molecule has 102 valence electrons. The monoisotopic (exact) mass is 260 g/mol. The summed E-state index contributed by atoms with van der Waals surface area (Å²) in [6, 6.07) is 8.29. The second kappa shape index (κ2) is 6.33. The van der Waals surface area contributed by atoms with Gasteiger partial charge in [-0.15, -0.1) is 10.2 Å². The van der Waals surface area contributed by atoms with Crippen LogP contribution in [0.1, 0.15) is 31.3 Å². The van der Waals surface area contributed by atoms with E-state index in [2.05, 4.69) is 34.6 Å². The van der Waals surface area contributed by atoms with E-state index < -0.39 is 0 Å². The largest absolute Gasteiger partial charge is 0.494 e. The van der Waals surface area contributed by atoms with E-state index in [-0.39, 0.29) is 6.04 Å². The summed E-state index contributed by atoms with van der Waals surface area (Å²) in [7, 11) is 1.95. The summed E-state index contributed by atoms with van der Waals surface area (Å²) in [6.45, 7) is 5.55. The van der Waals surface area contributed by atoms with Crippen molar-refractivity contribution < 1.29 is 4.74 Å². The zero-order chi connectivity index (χ0) is 13.7. The van der Waals surface area contributed by atoms with Crippen LogP contribution < -0.4 is 10.1 Å². The maximum Gasteiger partial charge on any atom is 0.149 e. The Labute approximate surface area is 113 Å². The van der Waals surface area contributed by atoms with E-state index in [1.165, 1.54) is 5.56 Å². The Kier molecular flexibility index (Phi) is 4.52. The summed E-state index contributed by atoms with van der Waals surface area (Å²) >= 11 is 0. The maximum absolute atomic E-state index is 5.42. The molecule has 0 radical (unpaired) electrons. The van der Waals surface area contributed by atoms with Gasteiger partial charge in [0.2, 0.25) is 0 Å². The van der Waals surface area contributed by atoms with Crippen molar-refractivity contribution >= 4 is 0 Å². The van der Waals surface area contributed by atoms with E-state index in [0.717, 1.165) is 18.1 Å². The van der Waals surface area contributed by atoms with Gasteiger partial charge in [0.15, 0.2) is 0 Å². The van der Waals surface area contributed by atoms with Gasteiger partial charge in [0.1, 0.15) is 17.9 Å².